The zero-order valence-corrected chi connectivity index (χ0v) is 8.98. The lowest BCUT2D eigenvalue weighted by Gasteiger charge is -1.94. The van der Waals surface area contributed by atoms with Crippen LogP contribution < -0.4 is 0 Å². The third-order valence-electron chi connectivity index (χ3n) is 1.95. The molecular formula is C10H7ClO2S. The molecule has 0 aliphatic heterocycles. The van der Waals surface area contributed by atoms with E-state index in [2.05, 4.69) is 4.74 Å². The number of fused-ring (bicyclic) bond motifs is 1. The maximum atomic E-state index is 11.4. The molecule has 1 aromatic heterocycles. The average Bonchev–Trinajstić information content (AvgIpc) is 2.56. The fraction of sp³-hybridized carbons (Fsp3) is 0.100. The number of benzene rings is 1. The van der Waals surface area contributed by atoms with Crippen molar-refractivity contribution in [2.75, 3.05) is 7.11 Å². The summed E-state index contributed by atoms with van der Waals surface area (Å²) in [7, 11) is 1.37. The molecule has 0 spiro atoms. The molecule has 0 saturated heterocycles. The van der Waals surface area contributed by atoms with Crippen LogP contribution in [0.25, 0.3) is 10.8 Å². The van der Waals surface area contributed by atoms with Crippen molar-refractivity contribution in [3.63, 3.8) is 0 Å². The molecule has 2 aromatic rings. The van der Waals surface area contributed by atoms with Gasteiger partial charge in [0.1, 0.15) is 9.21 Å². The van der Waals surface area contributed by atoms with Crippen LogP contribution in [-0.2, 0) is 4.74 Å². The Morgan fingerprint density at radius 2 is 2.00 bits per heavy atom. The van der Waals surface area contributed by atoms with Gasteiger partial charge in [0.15, 0.2) is 0 Å². The fourth-order valence-corrected chi connectivity index (χ4v) is 2.61. The van der Waals surface area contributed by atoms with Crippen molar-refractivity contribution < 1.29 is 9.53 Å². The normalized spacial score (nSPS) is 10.4. The van der Waals surface area contributed by atoms with E-state index in [4.69, 9.17) is 11.6 Å². The highest BCUT2D eigenvalue weighted by molar-refractivity contribution is 7.19. The lowest BCUT2D eigenvalue weighted by Crippen LogP contribution is -1.97. The van der Waals surface area contributed by atoms with Crippen LogP contribution in [0.15, 0.2) is 24.3 Å². The maximum absolute atomic E-state index is 11.4. The summed E-state index contributed by atoms with van der Waals surface area (Å²) in [4.78, 5) is 11.9. The number of rotatable bonds is 1. The van der Waals surface area contributed by atoms with Gasteiger partial charge in [-0.2, -0.15) is 0 Å². The summed E-state index contributed by atoms with van der Waals surface area (Å²) in [5.74, 6) is -0.335. The molecule has 0 aliphatic carbocycles. The van der Waals surface area contributed by atoms with Crippen molar-refractivity contribution in [2.45, 2.75) is 0 Å². The van der Waals surface area contributed by atoms with Gasteiger partial charge in [-0.05, 0) is 0 Å². The largest absolute Gasteiger partial charge is 0.465 e. The number of esters is 1. The first-order chi connectivity index (χ1) is 6.74. The Kier molecular flexibility index (Phi) is 2.44. The van der Waals surface area contributed by atoms with Gasteiger partial charge in [-0.15, -0.1) is 11.3 Å². The van der Waals surface area contributed by atoms with Gasteiger partial charge < -0.3 is 4.74 Å². The number of methoxy groups -OCH3 is 1. The molecule has 14 heavy (non-hydrogen) atoms. The minimum Gasteiger partial charge on any atom is -0.465 e. The van der Waals surface area contributed by atoms with E-state index in [1.807, 2.05) is 24.3 Å². The first-order valence-corrected chi connectivity index (χ1v) is 5.19. The molecule has 0 radical (unpaired) electrons. The van der Waals surface area contributed by atoms with E-state index in [0.717, 1.165) is 10.8 Å². The SMILES string of the molecule is COC(=O)c1sc(Cl)c2ccccc12. The number of ether oxygens (including phenoxy) is 1. The highest BCUT2D eigenvalue weighted by atomic mass is 35.5. The highest BCUT2D eigenvalue weighted by Gasteiger charge is 2.15. The predicted octanol–water partition coefficient (Wildman–Crippen LogP) is 3.34. The Morgan fingerprint density at radius 3 is 2.64 bits per heavy atom. The van der Waals surface area contributed by atoms with Crippen LogP contribution in [0.2, 0.25) is 4.34 Å². The molecule has 0 fully saturated rings. The first kappa shape index (κ1) is 9.49. The van der Waals surface area contributed by atoms with Crippen molar-refractivity contribution in [1.82, 2.24) is 0 Å². The lowest BCUT2D eigenvalue weighted by atomic mass is 10.2. The summed E-state index contributed by atoms with van der Waals surface area (Å²) in [6.45, 7) is 0. The molecule has 72 valence electrons. The Labute approximate surface area is 90.1 Å². The Balaban J connectivity index is 2.72. The van der Waals surface area contributed by atoms with E-state index < -0.39 is 0 Å². The number of hydrogen-bond donors (Lipinski definition) is 0. The summed E-state index contributed by atoms with van der Waals surface area (Å²) in [5, 5.41) is 1.76. The summed E-state index contributed by atoms with van der Waals surface area (Å²) in [6.07, 6.45) is 0. The molecule has 2 nitrogen and oxygen atoms in total. The quantitative estimate of drug-likeness (QED) is 0.698. The molecule has 0 bridgehead atoms. The van der Waals surface area contributed by atoms with Crippen LogP contribution in [0.5, 0.6) is 0 Å². The Morgan fingerprint density at radius 1 is 1.36 bits per heavy atom. The van der Waals surface area contributed by atoms with Gasteiger partial charge in [-0.1, -0.05) is 35.9 Å². The molecule has 1 heterocycles. The highest BCUT2D eigenvalue weighted by Crippen LogP contribution is 2.35. The van der Waals surface area contributed by atoms with Crippen molar-refractivity contribution >= 4 is 39.7 Å². The van der Waals surface area contributed by atoms with Gasteiger partial charge in [-0.3, -0.25) is 0 Å². The van der Waals surface area contributed by atoms with E-state index in [0.29, 0.717) is 9.21 Å². The maximum Gasteiger partial charge on any atom is 0.348 e. The minimum atomic E-state index is -0.335. The minimum absolute atomic E-state index is 0.335. The van der Waals surface area contributed by atoms with Crippen LogP contribution >= 0.6 is 22.9 Å². The molecule has 0 aliphatic rings. The van der Waals surface area contributed by atoms with Crippen molar-refractivity contribution in [3.05, 3.63) is 33.5 Å². The second kappa shape index (κ2) is 3.59. The molecule has 1 aromatic carbocycles. The number of carbonyl (C=O) groups excluding carboxylic acids is 1. The average molecular weight is 227 g/mol. The zero-order chi connectivity index (χ0) is 10.1. The molecule has 0 saturated carbocycles. The van der Waals surface area contributed by atoms with E-state index in [1.165, 1.54) is 18.4 Å². The Hall–Kier alpha value is -1.06. The molecule has 0 N–H and O–H groups in total. The fourth-order valence-electron chi connectivity index (χ4n) is 1.30. The molecule has 2 rings (SSSR count). The molecule has 0 atom stereocenters. The number of thiophene rings is 1. The van der Waals surface area contributed by atoms with E-state index in [9.17, 15) is 4.79 Å². The van der Waals surface area contributed by atoms with Crippen LogP contribution in [0.4, 0.5) is 0 Å². The smallest absolute Gasteiger partial charge is 0.348 e. The van der Waals surface area contributed by atoms with E-state index in [1.54, 1.807) is 0 Å². The van der Waals surface area contributed by atoms with Crippen molar-refractivity contribution in [3.8, 4) is 0 Å². The summed E-state index contributed by atoms with van der Waals surface area (Å²) >= 11 is 7.24. The van der Waals surface area contributed by atoms with E-state index >= 15 is 0 Å². The van der Waals surface area contributed by atoms with Crippen LogP contribution in [0.1, 0.15) is 9.67 Å². The number of hydrogen-bond acceptors (Lipinski definition) is 3. The second-order valence-corrected chi connectivity index (χ2v) is 4.36. The monoisotopic (exact) mass is 226 g/mol. The molecule has 0 unspecified atom stereocenters. The van der Waals surface area contributed by atoms with Crippen LogP contribution in [-0.4, -0.2) is 13.1 Å². The van der Waals surface area contributed by atoms with Crippen molar-refractivity contribution in [2.24, 2.45) is 0 Å². The lowest BCUT2D eigenvalue weighted by molar-refractivity contribution is 0.0608. The number of carbonyl (C=O) groups is 1. The first-order valence-electron chi connectivity index (χ1n) is 3.99. The zero-order valence-electron chi connectivity index (χ0n) is 7.41. The van der Waals surface area contributed by atoms with Gasteiger partial charge in [0.05, 0.1) is 7.11 Å². The van der Waals surface area contributed by atoms with Crippen LogP contribution in [0.3, 0.4) is 0 Å². The topological polar surface area (TPSA) is 26.3 Å². The van der Waals surface area contributed by atoms with Gasteiger partial charge in [0, 0.05) is 10.8 Å². The third-order valence-corrected chi connectivity index (χ3v) is 3.37. The summed E-state index contributed by atoms with van der Waals surface area (Å²) in [5.41, 5.74) is 0. The predicted molar refractivity (Wildman–Crippen MR) is 58.2 cm³/mol. The van der Waals surface area contributed by atoms with Gasteiger partial charge in [-0.25, -0.2) is 4.79 Å². The van der Waals surface area contributed by atoms with Gasteiger partial charge in [0.25, 0.3) is 0 Å². The molecular weight excluding hydrogens is 220 g/mol. The summed E-state index contributed by atoms with van der Waals surface area (Å²) < 4.78 is 5.30. The summed E-state index contributed by atoms with van der Waals surface area (Å²) in [6, 6.07) is 7.52. The van der Waals surface area contributed by atoms with Crippen molar-refractivity contribution in [1.29, 1.82) is 0 Å². The second-order valence-electron chi connectivity index (χ2n) is 2.74. The van der Waals surface area contributed by atoms with E-state index in [-0.39, 0.29) is 5.97 Å². The van der Waals surface area contributed by atoms with Gasteiger partial charge >= 0.3 is 5.97 Å². The Bertz CT molecular complexity index is 490. The number of halogens is 1. The molecule has 0 amide bonds. The third kappa shape index (κ3) is 1.38. The van der Waals surface area contributed by atoms with Crippen LogP contribution in [0, 0.1) is 0 Å². The van der Waals surface area contributed by atoms with Gasteiger partial charge in [0.2, 0.25) is 0 Å². The molecule has 4 heteroatoms. The standard InChI is InChI=1S/C10H7ClO2S/c1-13-10(12)8-6-4-2-3-5-7(6)9(11)14-8/h2-5H,1H3.